The molecular formula is C18H21N3O2. The maximum Gasteiger partial charge on any atom is 0.251 e. The second-order valence-corrected chi connectivity index (χ2v) is 6.06. The Balaban J connectivity index is 1.50. The zero-order valence-corrected chi connectivity index (χ0v) is 13.3. The van der Waals surface area contributed by atoms with Gasteiger partial charge in [-0.05, 0) is 36.8 Å². The lowest BCUT2D eigenvalue weighted by Gasteiger charge is -2.11. The Morgan fingerprint density at radius 3 is 3.04 bits per heavy atom. The van der Waals surface area contributed by atoms with Crippen molar-refractivity contribution in [2.45, 2.75) is 38.5 Å². The van der Waals surface area contributed by atoms with Gasteiger partial charge in [-0.2, -0.15) is 0 Å². The monoisotopic (exact) mass is 311 g/mol. The molecule has 0 fully saturated rings. The molecule has 1 aromatic heterocycles. The number of H-pyrrole nitrogens is 1. The summed E-state index contributed by atoms with van der Waals surface area (Å²) in [6.07, 6.45) is 3.20. The summed E-state index contributed by atoms with van der Waals surface area (Å²) in [5, 5.41) is 2.94. The van der Waals surface area contributed by atoms with Gasteiger partial charge in [0, 0.05) is 31.1 Å². The van der Waals surface area contributed by atoms with E-state index in [0.717, 1.165) is 12.8 Å². The van der Waals surface area contributed by atoms with Gasteiger partial charge < -0.3 is 10.3 Å². The van der Waals surface area contributed by atoms with Gasteiger partial charge in [-0.1, -0.05) is 24.3 Å². The van der Waals surface area contributed by atoms with Crippen molar-refractivity contribution in [1.82, 2.24) is 15.3 Å². The van der Waals surface area contributed by atoms with Gasteiger partial charge in [0.15, 0.2) is 0 Å². The minimum absolute atomic E-state index is 0.0632. The summed E-state index contributed by atoms with van der Waals surface area (Å²) >= 11 is 0. The largest absolute Gasteiger partial charge is 0.356 e. The number of carbonyl (C=O) groups excluding carboxylic acids is 1. The number of nitrogens with one attached hydrogen (secondary N) is 2. The standard InChI is InChI=1S/C18H21N3O2/c1-12-20-15(11-18(23)21-12)8-9-19-17(22)10-14-7-6-13-4-2-3-5-16(13)14/h2-5,11,14H,6-10H2,1H3,(H,19,22)(H,20,21,23)/t14-/m1/s1. The quantitative estimate of drug-likeness (QED) is 0.885. The Morgan fingerprint density at radius 1 is 1.39 bits per heavy atom. The van der Waals surface area contributed by atoms with E-state index in [2.05, 4.69) is 33.5 Å². The topological polar surface area (TPSA) is 74.8 Å². The summed E-state index contributed by atoms with van der Waals surface area (Å²) in [5.74, 6) is 0.987. The molecule has 1 amide bonds. The third-order valence-electron chi connectivity index (χ3n) is 4.31. The van der Waals surface area contributed by atoms with E-state index < -0.39 is 0 Å². The van der Waals surface area contributed by atoms with Gasteiger partial charge in [0.25, 0.3) is 5.56 Å². The summed E-state index contributed by atoms with van der Waals surface area (Å²) < 4.78 is 0. The van der Waals surface area contributed by atoms with Crippen LogP contribution in [0.2, 0.25) is 0 Å². The van der Waals surface area contributed by atoms with Gasteiger partial charge in [-0.25, -0.2) is 4.98 Å². The van der Waals surface area contributed by atoms with E-state index in [9.17, 15) is 9.59 Å². The van der Waals surface area contributed by atoms with Crippen LogP contribution in [0.15, 0.2) is 35.1 Å². The highest BCUT2D eigenvalue weighted by molar-refractivity contribution is 5.77. The Bertz CT molecular complexity index is 767. The maximum absolute atomic E-state index is 12.1. The molecule has 0 unspecified atom stereocenters. The van der Waals surface area contributed by atoms with E-state index in [4.69, 9.17) is 0 Å². The first kappa shape index (κ1) is 15.5. The van der Waals surface area contributed by atoms with Gasteiger partial charge >= 0.3 is 0 Å². The van der Waals surface area contributed by atoms with Crippen LogP contribution in [0.25, 0.3) is 0 Å². The predicted molar refractivity (Wildman–Crippen MR) is 88.4 cm³/mol. The third kappa shape index (κ3) is 3.86. The van der Waals surface area contributed by atoms with E-state index in [0.29, 0.717) is 36.8 Å². The minimum Gasteiger partial charge on any atom is -0.356 e. The Kier molecular flexibility index (Phi) is 4.55. The number of rotatable bonds is 5. The van der Waals surface area contributed by atoms with Crippen LogP contribution < -0.4 is 10.9 Å². The molecule has 0 spiro atoms. The van der Waals surface area contributed by atoms with Gasteiger partial charge in [-0.15, -0.1) is 0 Å². The fraction of sp³-hybridized carbons (Fsp3) is 0.389. The minimum atomic E-state index is -0.151. The van der Waals surface area contributed by atoms with E-state index in [1.807, 2.05) is 6.07 Å². The van der Waals surface area contributed by atoms with Crippen molar-refractivity contribution in [3.63, 3.8) is 0 Å². The Labute approximate surface area is 135 Å². The molecule has 1 atom stereocenters. The molecule has 1 aromatic carbocycles. The number of fused-ring (bicyclic) bond motifs is 1. The lowest BCUT2D eigenvalue weighted by molar-refractivity contribution is -0.121. The highest BCUT2D eigenvalue weighted by Gasteiger charge is 2.23. The first-order valence-electron chi connectivity index (χ1n) is 8.03. The van der Waals surface area contributed by atoms with Crippen LogP contribution in [0.5, 0.6) is 0 Å². The average Bonchev–Trinajstić information content (AvgIpc) is 2.90. The number of aromatic nitrogens is 2. The normalized spacial score (nSPS) is 16.1. The summed E-state index contributed by atoms with van der Waals surface area (Å²) in [7, 11) is 0. The highest BCUT2D eigenvalue weighted by atomic mass is 16.1. The molecule has 0 radical (unpaired) electrons. The molecule has 3 rings (SSSR count). The smallest absolute Gasteiger partial charge is 0.251 e. The molecule has 1 aliphatic carbocycles. The first-order valence-corrected chi connectivity index (χ1v) is 8.03. The zero-order valence-electron chi connectivity index (χ0n) is 13.3. The maximum atomic E-state index is 12.1. The van der Waals surface area contributed by atoms with Gasteiger partial charge in [0.2, 0.25) is 5.91 Å². The van der Waals surface area contributed by atoms with Crippen LogP contribution >= 0.6 is 0 Å². The number of nitrogens with zero attached hydrogens (tertiary/aromatic N) is 1. The van der Waals surface area contributed by atoms with Crippen molar-refractivity contribution >= 4 is 5.91 Å². The van der Waals surface area contributed by atoms with Crippen molar-refractivity contribution < 1.29 is 4.79 Å². The van der Waals surface area contributed by atoms with Crippen LogP contribution in [0.4, 0.5) is 0 Å². The van der Waals surface area contributed by atoms with Crippen LogP contribution in [0, 0.1) is 6.92 Å². The van der Waals surface area contributed by atoms with Crippen molar-refractivity contribution in [2.24, 2.45) is 0 Å². The zero-order chi connectivity index (χ0) is 16.2. The van der Waals surface area contributed by atoms with Crippen LogP contribution in [0.3, 0.4) is 0 Å². The second-order valence-electron chi connectivity index (χ2n) is 6.06. The fourth-order valence-electron chi connectivity index (χ4n) is 3.25. The lowest BCUT2D eigenvalue weighted by atomic mass is 9.97. The highest BCUT2D eigenvalue weighted by Crippen LogP contribution is 2.34. The number of carbonyl (C=O) groups is 1. The molecule has 23 heavy (non-hydrogen) atoms. The number of hydrogen-bond acceptors (Lipinski definition) is 3. The van der Waals surface area contributed by atoms with E-state index in [1.165, 1.54) is 17.2 Å². The molecule has 2 aromatic rings. The number of benzene rings is 1. The molecular weight excluding hydrogens is 290 g/mol. The summed E-state index contributed by atoms with van der Waals surface area (Å²) in [6.45, 7) is 2.25. The van der Waals surface area contributed by atoms with E-state index in [1.54, 1.807) is 6.92 Å². The van der Waals surface area contributed by atoms with Gasteiger partial charge in [-0.3, -0.25) is 9.59 Å². The van der Waals surface area contributed by atoms with E-state index in [-0.39, 0.29) is 11.5 Å². The SMILES string of the molecule is Cc1nc(CCNC(=O)C[C@H]2CCc3ccccc32)cc(=O)[nH]1. The van der Waals surface area contributed by atoms with Crippen LogP contribution in [-0.4, -0.2) is 22.4 Å². The van der Waals surface area contributed by atoms with Gasteiger partial charge in [0.1, 0.15) is 5.82 Å². The molecule has 5 heteroatoms. The summed E-state index contributed by atoms with van der Waals surface area (Å²) in [5.41, 5.74) is 3.24. The Morgan fingerprint density at radius 2 is 2.22 bits per heavy atom. The van der Waals surface area contributed by atoms with Crippen molar-refractivity contribution in [3.8, 4) is 0 Å². The third-order valence-corrected chi connectivity index (χ3v) is 4.31. The predicted octanol–water partition coefficient (Wildman–Crippen LogP) is 1.86. The average molecular weight is 311 g/mol. The molecule has 0 aliphatic heterocycles. The molecule has 120 valence electrons. The molecule has 0 saturated heterocycles. The molecule has 5 nitrogen and oxygen atoms in total. The first-order chi connectivity index (χ1) is 11.1. The van der Waals surface area contributed by atoms with Gasteiger partial charge in [0.05, 0.1) is 0 Å². The van der Waals surface area contributed by atoms with Crippen molar-refractivity contribution in [1.29, 1.82) is 0 Å². The van der Waals surface area contributed by atoms with Crippen LogP contribution in [-0.2, 0) is 17.6 Å². The number of aryl methyl sites for hydroxylation is 2. The van der Waals surface area contributed by atoms with Crippen molar-refractivity contribution in [3.05, 3.63) is 63.3 Å². The number of amides is 1. The molecule has 2 N–H and O–H groups in total. The summed E-state index contributed by atoms with van der Waals surface area (Å²) in [4.78, 5) is 30.4. The number of hydrogen-bond donors (Lipinski definition) is 2. The number of aromatic amines is 1. The fourth-order valence-corrected chi connectivity index (χ4v) is 3.25. The van der Waals surface area contributed by atoms with E-state index >= 15 is 0 Å². The Hall–Kier alpha value is -2.43. The molecule has 1 aliphatic rings. The molecule has 0 saturated carbocycles. The molecule has 0 bridgehead atoms. The second kappa shape index (κ2) is 6.77. The van der Waals surface area contributed by atoms with Crippen LogP contribution in [0.1, 0.15) is 41.4 Å². The summed E-state index contributed by atoms with van der Waals surface area (Å²) in [6, 6.07) is 9.84. The van der Waals surface area contributed by atoms with Crippen molar-refractivity contribution in [2.75, 3.05) is 6.54 Å². The molecule has 1 heterocycles. The lowest BCUT2D eigenvalue weighted by Crippen LogP contribution is -2.27.